The third-order valence-corrected chi connectivity index (χ3v) is 3.95. The molecule has 2 aromatic rings. The van der Waals surface area contributed by atoms with E-state index in [0.717, 1.165) is 25.5 Å². The molecule has 0 saturated heterocycles. The molecule has 88 valence electrons. The average Bonchev–Trinajstić information content (AvgIpc) is 2.34. The third kappa shape index (κ3) is 3.31. The first-order valence-corrected chi connectivity index (χ1v) is 6.80. The van der Waals surface area contributed by atoms with Gasteiger partial charge in [0, 0.05) is 15.6 Å². The standard InChI is InChI=1S/C13H12BrNOS/c1-9-6-10(8-16)7-15-13(9)17-12-4-2-11(14)3-5-12/h2-7,16H,8H2,1H3. The van der Waals surface area contributed by atoms with Crippen LogP contribution >= 0.6 is 27.7 Å². The molecule has 0 bridgehead atoms. The van der Waals surface area contributed by atoms with Gasteiger partial charge in [0.15, 0.2) is 0 Å². The largest absolute Gasteiger partial charge is 0.392 e. The second-order valence-electron chi connectivity index (χ2n) is 3.68. The topological polar surface area (TPSA) is 33.1 Å². The predicted octanol–water partition coefficient (Wildman–Crippen LogP) is 3.80. The summed E-state index contributed by atoms with van der Waals surface area (Å²) in [5.41, 5.74) is 1.94. The van der Waals surface area contributed by atoms with Crippen LogP contribution in [0.5, 0.6) is 0 Å². The number of rotatable bonds is 3. The Morgan fingerprint density at radius 2 is 2.00 bits per heavy atom. The first-order valence-electron chi connectivity index (χ1n) is 5.19. The summed E-state index contributed by atoms with van der Waals surface area (Å²) in [6.45, 7) is 2.05. The monoisotopic (exact) mass is 309 g/mol. The van der Waals surface area contributed by atoms with E-state index in [4.69, 9.17) is 5.11 Å². The molecule has 0 aliphatic heterocycles. The number of aromatic nitrogens is 1. The Balaban J connectivity index is 2.21. The first kappa shape index (κ1) is 12.6. The van der Waals surface area contributed by atoms with Crippen LogP contribution in [0.2, 0.25) is 0 Å². The number of halogens is 1. The Hall–Kier alpha value is -0.840. The van der Waals surface area contributed by atoms with Crippen LogP contribution in [0.4, 0.5) is 0 Å². The number of aryl methyl sites for hydroxylation is 1. The van der Waals surface area contributed by atoms with Crippen molar-refractivity contribution < 1.29 is 5.11 Å². The summed E-state index contributed by atoms with van der Waals surface area (Å²) >= 11 is 5.04. The van der Waals surface area contributed by atoms with Crippen molar-refractivity contribution in [3.05, 3.63) is 52.1 Å². The first-order chi connectivity index (χ1) is 8.19. The maximum Gasteiger partial charge on any atom is 0.104 e. The lowest BCUT2D eigenvalue weighted by molar-refractivity contribution is 0.281. The fraction of sp³-hybridized carbons (Fsp3) is 0.154. The molecule has 1 aromatic heterocycles. The van der Waals surface area contributed by atoms with Crippen molar-refractivity contribution in [3.8, 4) is 0 Å². The van der Waals surface area contributed by atoms with Crippen LogP contribution in [0, 0.1) is 6.92 Å². The van der Waals surface area contributed by atoms with Crippen molar-refractivity contribution in [3.63, 3.8) is 0 Å². The molecule has 0 unspecified atom stereocenters. The van der Waals surface area contributed by atoms with E-state index < -0.39 is 0 Å². The molecule has 4 heteroatoms. The maximum absolute atomic E-state index is 9.02. The molecule has 0 aliphatic rings. The Kier molecular flexibility index (Phi) is 4.20. The van der Waals surface area contributed by atoms with Gasteiger partial charge in [0.25, 0.3) is 0 Å². The minimum absolute atomic E-state index is 0.0388. The predicted molar refractivity (Wildman–Crippen MR) is 73.2 cm³/mol. The lowest BCUT2D eigenvalue weighted by atomic mass is 10.2. The highest BCUT2D eigenvalue weighted by atomic mass is 79.9. The second-order valence-corrected chi connectivity index (χ2v) is 5.66. The molecule has 0 radical (unpaired) electrons. The molecule has 1 aromatic carbocycles. The molecule has 0 aliphatic carbocycles. The van der Waals surface area contributed by atoms with Crippen LogP contribution in [-0.2, 0) is 6.61 Å². The average molecular weight is 310 g/mol. The van der Waals surface area contributed by atoms with Gasteiger partial charge in [-0.05, 0) is 48.4 Å². The maximum atomic E-state index is 9.02. The van der Waals surface area contributed by atoms with Crippen molar-refractivity contribution in [2.45, 2.75) is 23.5 Å². The highest BCUT2D eigenvalue weighted by molar-refractivity contribution is 9.10. The van der Waals surface area contributed by atoms with E-state index in [-0.39, 0.29) is 6.61 Å². The lowest BCUT2D eigenvalue weighted by Gasteiger charge is -2.06. The van der Waals surface area contributed by atoms with Gasteiger partial charge in [-0.15, -0.1) is 0 Å². The summed E-state index contributed by atoms with van der Waals surface area (Å²) in [6, 6.07) is 10.1. The van der Waals surface area contributed by atoms with Crippen LogP contribution in [0.1, 0.15) is 11.1 Å². The number of aliphatic hydroxyl groups is 1. The van der Waals surface area contributed by atoms with Gasteiger partial charge in [-0.2, -0.15) is 0 Å². The quantitative estimate of drug-likeness (QED) is 0.936. The second kappa shape index (κ2) is 5.67. The fourth-order valence-electron chi connectivity index (χ4n) is 1.43. The molecule has 17 heavy (non-hydrogen) atoms. The van der Waals surface area contributed by atoms with Gasteiger partial charge in [-0.1, -0.05) is 27.7 Å². The van der Waals surface area contributed by atoms with Gasteiger partial charge in [0.1, 0.15) is 5.03 Å². The molecule has 1 heterocycles. The number of aliphatic hydroxyl groups excluding tert-OH is 1. The van der Waals surface area contributed by atoms with Gasteiger partial charge in [-0.3, -0.25) is 0 Å². The van der Waals surface area contributed by atoms with Gasteiger partial charge in [-0.25, -0.2) is 4.98 Å². The summed E-state index contributed by atoms with van der Waals surface area (Å²) in [5.74, 6) is 0. The highest BCUT2D eigenvalue weighted by Crippen LogP contribution is 2.29. The van der Waals surface area contributed by atoms with Crippen LogP contribution in [-0.4, -0.2) is 10.1 Å². The number of nitrogens with zero attached hydrogens (tertiary/aromatic N) is 1. The molecule has 0 amide bonds. The van der Waals surface area contributed by atoms with Gasteiger partial charge < -0.3 is 5.11 Å². The normalized spacial score (nSPS) is 10.5. The molecular weight excluding hydrogens is 298 g/mol. The molecule has 2 nitrogen and oxygen atoms in total. The molecule has 1 N–H and O–H groups in total. The summed E-state index contributed by atoms with van der Waals surface area (Å²) in [5, 5.41) is 10.00. The fourth-order valence-corrected chi connectivity index (χ4v) is 2.51. The van der Waals surface area contributed by atoms with Crippen molar-refractivity contribution in [2.75, 3.05) is 0 Å². The summed E-state index contributed by atoms with van der Waals surface area (Å²) in [7, 11) is 0. The number of benzene rings is 1. The van der Waals surface area contributed by atoms with Crippen LogP contribution in [0.15, 0.2) is 50.9 Å². The molecule has 0 saturated carbocycles. The van der Waals surface area contributed by atoms with E-state index >= 15 is 0 Å². The Morgan fingerprint density at radius 1 is 1.29 bits per heavy atom. The molecule has 2 rings (SSSR count). The summed E-state index contributed by atoms with van der Waals surface area (Å²) < 4.78 is 1.07. The van der Waals surface area contributed by atoms with E-state index in [9.17, 15) is 0 Å². The summed E-state index contributed by atoms with van der Waals surface area (Å²) in [4.78, 5) is 5.51. The number of pyridine rings is 1. The van der Waals surface area contributed by atoms with Crippen LogP contribution < -0.4 is 0 Å². The van der Waals surface area contributed by atoms with E-state index in [1.165, 1.54) is 0 Å². The zero-order valence-corrected chi connectivity index (χ0v) is 11.8. The SMILES string of the molecule is Cc1cc(CO)cnc1Sc1ccc(Br)cc1. The van der Waals surface area contributed by atoms with Crippen molar-refractivity contribution in [2.24, 2.45) is 0 Å². The third-order valence-electron chi connectivity index (χ3n) is 2.30. The Bertz CT molecular complexity index is 513. The van der Waals surface area contributed by atoms with Crippen LogP contribution in [0.25, 0.3) is 0 Å². The highest BCUT2D eigenvalue weighted by Gasteiger charge is 2.04. The van der Waals surface area contributed by atoms with E-state index in [2.05, 4.69) is 33.0 Å². The van der Waals surface area contributed by atoms with Gasteiger partial charge >= 0.3 is 0 Å². The van der Waals surface area contributed by atoms with Crippen molar-refractivity contribution in [1.82, 2.24) is 4.98 Å². The molecule has 0 fully saturated rings. The van der Waals surface area contributed by atoms with E-state index in [1.807, 2.05) is 25.1 Å². The van der Waals surface area contributed by atoms with Gasteiger partial charge in [0.2, 0.25) is 0 Å². The van der Waals surface area contributed by atoms with E-state index in [0.29, 0.717) is 0 Å². The van der Waals surface area contributed by atoms with E-state index in [1.54, 1.807) is 18.0 Å². The smallest absolute Gasteiger partial charge is 0.104 e. The molecule has 0 spiro atoms. The number of hydrogen-bond donors (Lipinski definition) is 1. The summed E-state index contributed by atoms with van der Waals surface area (Å²) in [6.07, 6.45) is 1.72. The lowest BCUT2D eigenvalue weighted by Crippen LogP contribution is -1.90. The molecular formula is C13H12BrNOS. The van der Waals surface area contributed by atoms with Crippen LogP contribution in [0.3, 0.4) is 0 Å². The van der Waals surface area contributed by atoms with Crippen molar-refractivity contribution >= 4 is 27.7 Å². The Morgan fingerprint density at radius 3 is 2.59 bits per heavy atom. The zero-order valence-electron chi connectivity index (χ0n) is 9.35. The number of hydrogen-bond acceptors (Lipinski definition) is 3. The molecule has 0 atom stereocenters. The van der Waals surface area contributed by atoms with Crippen molar-refractivity contribution in [1.29, 1.82) is 0 Å². The minimum atomic E-state index is 0.0388. The minimum Gasteiger partial charge on any atom is -0.392 e. The Labute approximate surface area is 113 Å². The zero-order chi connectivity index (χ0) is 12.3. The van der Waals surface area contributed by atoms with Gasteiger partial charge in [0.05, 0.1) is 6.61 Å².